The van der Waals surface area contributed by atoms with Gasteiger partial charge in [0.05, 0.1) is 7.11 Å². The quantitative estimate of drug-likeness (QED) is 0.487. The summed E-state index contributed by atoms with van der Waals surface area (Å²) in [4.78, 5) is 22.2. The Hall–Kier alpha value is -1.10. The molecule has 0 saturated carbocycles. The molecule has 16 heavy (non-hydrogen) atoms. The average molecular weight is 230 g/mol. The standard InChI is InChI=1S/C11H22N2O3/c1-8(2)5-6-12-7-10(11(15)16-4)13-9(3)14/h8,10,12H,5-7H2,1-4H3,(H,13,14). The van der Waals surface area contributed by atoms with Crippen molar-refractivity contribution in [3.05, 3.63) is 0 Å². The molecule has 0 spiro atoms. The van der Waals surface area contributed by atoms with Crippen molar-refractivity contribution in [1.29, 1.82) is 0 Å². The van der Waals surface area contributed by atoms with Gasteiger partial charge in [-0.25, -0.2) is 4.79 Å². The molecule has 0 aliphatic rings. The number of ether oxygens (including phenoxy) is 1. The first-order valence-electron chi connectivity index (χ1n) is 5.53. The second kappa shape index (κ2) is 8.10. The molecule has 1 amide bonds. The molecule has 1 atom stereocenters. The van der Waals surface area contributed by atoms with Crippen LogP contribution >= 0.6 is 0 Å². The van der Waals surface area contributed by atoms with Crippen molar-refractivity contribution >= 4 is 11.9 Å². The maximum absolute atomic E-state index is 11.3. The van der Waals surface area contributed by atoms with Crippen molar-refractivity contribution in [2.75, 3.05) is 20.2 Å². The Bertz CT molecular complexity index is 229. The SMILES string of the molecule is COC(=O)C(CNCCC(C)C)NC(C)=O. The third kappa shape index (κ3) is 7.23. The van der Waals surface area contributed by atoms with Gasteiger partial charge >= 0.3 is 5.97 Å². The lowest BCUT2D eigenvalue weighted by molar-refractivity contribution is -0.144. The van der Waals surface area contributed by atoms with Crippen LogP contribution < -0.4 is 10.6 Å². The molecule has 0 aromatic carbocycles. The number of amides is 1. The average Bonchev–Trinajstić information content (AvgIpc) is 2.20. The van der Waals surface area contributed by atoms with Crippen LogP contribution in [0, 0.1) is 5.92 Å². The van der Waals surface area contributed by atoms with Crippen LogP contribution in [0.3, 0.4) is 0 Å². The van der Waals surface area contributed by atoms with Crippen LogP contribution in [0.4, 0.5) is 0 Å². The number of esters is 1. The Kier molecular flexibility index (Phi) is 7.54. The number of hydrogen-bond acceptors (Lipinski definition) is 4. The fourth-order valence-corrected chi connectivity index (χ4v) is 1.22. The first kappa shape index (κ1) is 14.9. The van der Waals surface area contributed by atoms with Gasteiger partial charge in [0, 0.05) is 13.5 Å². The second-order valence-corrected chi connectivity index (χ2v) is 4.16. The molecule has 5 heteroatoms. The molecule has 0 aromatic heterocycles. The van der Waals surface area contributed by atoms with E-state index in [1.807, 2.05) is 0 Å². The monoisotopic (exact) mass is 230 g/mol. The summed E-state index contributed by atoms with van der Waals surface area (Å²) in [6, 6.07) is -0.602. The van der Waals surface area contributed by atoms with Gasteiger partial charge in [-0.15, -0.1) is 0 Å². The highest BCUT2D eigenvalue weighted by molar-refractivity contribution is 5.83. The molecule has 0 radical (unpaired) electrons. The van der Waals surface area contributed by atoms with Gasteiger partial charge in [-0.1, -0.05) is 13.8 Å². The zero-order valence-corrected chi connectivity index (χ0v) is 10.5. The number of carbonyl (C=O) groups excluding carboxylic acids is 2. The molecule has 0 rings (SSSR count). The smallest absolute Gasteiger partial charge is 0.329 e. The zero-order valence-electron chi connectivity index (χ0n) is 10.5. The molecule has 1 unspecified atom stereocenters. The molecule has 0 aliphatic heterocycles. The summed E-state index contributed by atoms with van der Waals surface area (Å²) >= 11 is 0. The van der Waals surface area contributed by atoms with Crippen molar-refractivity contribution in [2.24, 2.45) is 5.92 Å². The summed E-state index contributed by atoms with van der Waals surface area (Å²) in [7, 11) is 1.31. The van der Waals surface area contributed by atoms with E-state index in [-0.39, 0.29) is 5.91 Å². The van der Waals surface area contributed by atoms with Crippen LogP contribution in [0.5, 0.6) is 0 Å². The first-order chi connectivity index (χ1) is 7.47. The summed E-state index contributed by atoms with van der Waals surface area (Å²) in [5.74, 6) is -0.0434. The lowest BCUT2D eigenvalue weighted by atomic mass is 10.1. The predicted octanol–water partition coefficient (Wildman–Crippen LogP) is 0.300. The highest BCUT2D eigenvalue weighted by Gasteiger charge is 2.19. The van der Waals surface area contributed by atoms with Crippen molar-refractivity contribution < 1.29 is 14.3 Å². The van der Waals surface area contributed by atoms with Crippen LogP contribution in [0.2, 0.25) is 0 Å². The Balaban J connectivity index is 3.92. The second-order valence-electron chi connectivity index (χ2n) is 4.16. The lowest BCUT2D eigenvalue weighted by Gasteiger charge is -2.16. The van der Waals surface area contributed by atoms with E-state index in [1.54, 1.807) is 0 Å². The van der Waals surface area contributed by atoms with Gasteiger partial charge in [0.15, 0.2) is 0 Å². The Morgan fingerprint density at radius 1 is 1.31 bits per heavy atom. The van der Waals surface area contributed by atoms with Crippen LogP contribution in [-0.2, 0) is 14.3 Å². The van der Waals surface area contributed by atoms with Crippen LogP contribution in [0.15, 0.2) is 0 Å². The highest BCUT2D eigenvalue weighted by Crippen LogP contribution is 1.96. The van der Waals surface area contributed by atoms with Crippen molar-refractivity contribution in [3.8, 4) is 0 Å². The van der Waals surface area contributed by atoms with Crippen molar-refractivity contribution in [3.63, 3.8) is 0 Å². The number of rotatable bonds is 7. The lowest BCUT2D eigenvalue weighted by Crippen LogP contribution is -2.47. The third-order valence-corrected chi connectivity index (χ3v) is 2.11. The normalized spacial score (nSPS) is 12.3. The fraction of sp³-hybridized carbons (Fsp3) is 0.818. The molecule has 0 aromatic rings. The molecule has 0 bridgehead atoms. The van der Waals surface area contributed by atoms with Crippen LogP contribution in [0.1, 0.15) is 27.2 Å². The molecule has 0 heterocycles. The van der Waals surface area contributed by atoms with E-state index in [2.05, 4.69) is 29.2 Å². The molecule has 2 N–H and O–H groups in total. The van der Waals surface area contributed by atoms with Gasteiger partial charge in [-0.2, -0.15) is 0 Å². The summed E-state index contributed by atoms with van der Waals surface area (Å²) in [6.07, 6.45) is 1.04. The molecule has 94 valence electrons. The van der Waals surface area contributed by atoms with Gasteiger partial charge < -0.3 is 15.4 Å². The molecule has 5 nitrogen and oxygen atoms in total. The molecule has 0 saturated heterocycles. The molecular weight excluding hydrogens is 208 g/mol. The summed E-state index contributed by atoms with van der Waals surface area (Å²) in [6.45, 7) is 6.87. The largest absolute Gasteiger partial charge is 0.467 e. The number of hydrogen-bond donors (Lipinski definition) is 2. The Morgan fingerprint density at radius 2 is 1.94 bits per heavy atom. The first-order valence-corrected chi connectivity index (χ1v) is 5.53. The summed E-state index contributed by atoms with van der Waals surface area (Å²) in [5.41, 5.74) is 0. The minimum atomic E-state index is -0.602. The molecule has 0 aliphatic carbocycles. The predicted molar refractivity (Wildman–Crippen MR) is 61.9 cm³/mol. The zero-order chi connectivity index (χ0) is 12.6. The maximum Gasteiger partial charge on any atom is 0.329 e. The fourth-order valence-electron chi connectivity index (χ4n) is 1.22. The minimum Gasteiger partial charge on any atom is -0.467 e. The van der Waals surface area contributed by atoms with Gasteiger partial charge in [0.1, 0.15) is 6.04 Å². The Morgan fingerprint density at radius 3 is 2.38 bits per heavy atom. The number of nitrogens with one attached hydrogen (secondary N) is 2. The highest BCUT2D eigenvalue weighted by atomic mass is 16.5. The van der Waals surface area contributed by atoms with Gasteiger partial charge in [-0.3, -0.25) is 4.79 Å². The van der Waals surface area contributed by atoms with E-state index in [0.29, 0.717) is 12.5 Å². The number of carbonyl (C=O) groups is 2. The van der Waals surface area contributed by atoms with E-state index in [4.69, 9.17) is 0 Å². The Labute approximate surface area is 96.9 Å². The van der Waals surface area contributed by atoms with E-state index in [1.165, 1.54) is 14.0 Å². The summed E-state index contributed by atoms with van der Waals surface area (Å²) < 4.78 is 4.60. The molecular formula is C11H22N2O3. The van der Waals surface area contributed by atoms with Gasteiger partial charge in [0.25, 0.3) is 0 Å². The van der Waals surface area contributed by atoms with Crippen LogP contribution in [-0.4, -0.2) is 38.1 Å². The topological polar surface area (TPSA) is 67.4 Å². The molecule has 0 fully saturated rings. The van der Waals surface area contributed by atoms with Gasteiger partial charge in [-0.05, 0) is 18.9 Å². The number of methoxy groups -OCH3 is 1. The maximum atomic E-state index is 11.3. The van der Waals surface area contributed by atoms with Gasteiger partial charge in [0.2, 0.25) is 5.91 Å². The van der Waals surface area contributed by atoms with Crippen molar-refractivity contribution in [2.45, 2.75) is 33.2 Å². The van der Waals surface area contributed by atoms with E-state index < -0.39 is 12.0 Å². The van der Waals surface area contributed by atoms with Crippen molar-refractivity contribution in [1.82, 2.24) is 10.6 Å². The van der Waals surface area contributed by atoms with E-state index in [9.17, 15) is 9.59 Å². The third-order valence-electron chi connectivity index (χ3n) is 2.11. The minimum absolute atomic E-state index is 0.235. The summed E-state index contributed by atoms with van der Waals surface area (Å²) in [5, 5.41) is 5.66. The van der Waals surface area contributed by atoms with E-state index in [0.717, 1.165) is 13.0 Å². The van der Waals surface area contributed by atoms with E-state index >= 15 is 0 Å². The van der Waals surface area contributed by atoms with Crippen LogP contribution in [0.25, 0.3) is 0 Å².